The zero-order chi connectivity index (χ0) is 22.2. The fraction of sp³-hybridized carbons (Fsp3) is 0.333. The molecule has 0 aliphatic carbocycles. The first-order valence-corrected chi connectivity index (χ1v) is 11.0. The summed E-state index contributed by atoms with van der Waals surface area (Å²) >= 11 is 0. The lowest BCUT2D eigenvalue weighted by Gasteiger charge is -2.22. The van der Waals surface area contributed by atoms with Crippen LogP contribution in [0.5, 0.6) is 0 Å². The van der Waals surface area contributed by atoms with Crippen LogP contribution in [0.25, 0.3) is 11.1 Å². The average molecular weight is 432 g/mol. The van der Waals surface area contributed by atoms with Gasteiger partial charge in [0, 0.05) is 18.8 Å². The van der Waals surface area contributed by atoms with Crippen molar-refractivity contribution in [2.24, 2.45) is 13.0 Å². The van der Waals surface area contributed by atoms with Gasteiger partial charge >= 0.3 is 5.76 Å². The van der Waals surface area contributed by atoms with Crippen molar-refractivity contribution < 1.29 is 17.6 Å². The van der Waals surface area contributed by atoms with Crippen molar-refractivity contribution in [2.75, 3.05) is 5.32 Å². The minimum absolute atomic E-state index is 0.0886. The molecule has 9 heteroatoms. The molecule has 160 valence electrons. The number of hydrogen-bond acceptors (Lipinski definition) is 5. The number of amides is 1. The first kappa shape index (κ1) is 21.8. The number of aromatic nitrogens is 1. The number of carbonyl (C=O) groups excluding carboxylic acids is 1. The number of nitrogens with zero attached hydrogens (tertiary/aromatic N) is 1. The molecule has 8 nitrogen and oxygen atoms in total. The van der Waals surface area contributed by atoms with E-state index in [-0.39, 0.29) is 16.4 Å². The van der Waals surface area contributed by atoms with Gasteiger partial charge < -0.3 is 9.73 Å². The maximum atomic E-state index is 12.9. The zero-order valence-corrected chi connectivity index (χ0v) is 18.3. The Morgan fingerprint density at radius 1 is 1.10 bits per heavy atom. The van der Waals surface area contributed by atoms with Crippen molar-refractivity contribution in [3.63, 3.8) is 0 Å². The van der Waals surface area contributed by atoms with Crippen LogP contribution in [0, 0.1) is 19.8 Å². The third-order valence-corrected chi connectivity index (χ3v) is 6.38. The summed E-state index contributed by atoms with van der Waals surface area (Å²) in [6, 6.07) is 8.76. The predicted octanol–water partition coefficient (Wildman–Crippen LogP) is 2.69. The number of nitrogens with one attached hydrogen (secondary N) is 2. The van der Waals surface area contributed by atoms with Crippen LogP contribution in [0.1, 0.15) is 25.0 Å². The van der Waals surface area contributed by atoms with Gasteiger partial charge in [-0.05, 0) is 43.5 Å². The standard InChI is InChI=1S/C21H25N3O5S/c1-12(2)19(20(25)22-16-8-6-13(3)10-14(16)4)23-30(27,28)15-7-9-17-18(11-15)29-21(26)24(17)5/h6-12,19,23H,1-5H3,(H,22,25). The summed E-state index contributed by atoms with van der Waals surface area (Å²) in [7, 11) is -2.50. The molecule has 1 heterocycles. The second kappa shape index (κ2) is 8.08. The minimum atomic E-state index is -4.04. The zero-order valence-electron chi connectivity index (χ0n) is 17.5. The molecule has 1 amide bonds. The monoisotopic (exact) mass is 431 g/mol. The van der Waals surface area contributed by atoms with Gasteiger partial charge in [0.2, 0.25) is 15.9 Å². The number of carbonyl (C=O) groups is 1. The lowest BCUT2D eigenvalue weighted by Crippen LogP contribution is -2.47. The number of oxazole rings is 1. The van der Waals surface area contributed by atoms with Gasteiger partial charge in [-0.2, -0.15) is 4.72 Å². The van der Waals surface area contributed by atoms with Crippen molar-refractivity contribution in [3.05, 3.63) is 58.1 Å². The largest absolute Gasteiger partial charge is 0.419 e. The van der Waals surface area contributed by atoms with Crippen LogP contribution in [0.2, 0.25) is 0 Å². The molecular formula is C21H25N3O5S. The molecule has 1 atom stereocenters. The highest BCUT2D eigenvalue weighted by molar-refractivity contribution is 7.89. The fourth-order valence-electron chi connectivity index (χ4n) is 3.17. The van der Waals surface area contributed by atoms with Gasteiger partial charge in [0.25, 0.3) is 0 Å². The van der Waals surface area contributed by atoms with Crippen molar-refractivity contribution in [3.8, 4) is 0 Å². The van der Waals surface area contributed by atoms with Crippen molar-refractivity contribution in [1.82, 2.24) is 9.29 Å². The van der Waals surface area contributed by atoms with E-state index in [9.17, 15) is 18.0 Å². The normalized spacial score (nSPS) is 13.0. The molecule has 3 aromatic rings. The van der Waals surface area contributed by atoms with E-state index in [0.717, 1.165) is 11.1 Å². The van der Waals surface area contributed by atoms with E-state index in [1.54, 1.807) is 19.9 Å². The summed E-state index contributed by atoms with van der Waals surface area (Å²) in [6.45, 7) is 7.34. The number of benzene rings is 2. The Bertz CT molecular complexity index is 1270. The number of sulfonamides is 1. The molecule has 0 saturated carbocycles. The molecular weight excluding hydrogens is 406 g/mol. The molecule has 2 aromatic carbocycles. The molecule has 0 radical (unpaired) electrons. The van der Waals surface area contributed by atoms with E-state index in [1.165, 1.54) is 29.8 Å². The van der Waals surface area contributed by atoms with E-state index < -0.39 is 27.7 Å². The van der Waals surface area contributed by atoms with Crippen LogP contribution in [-0.2, 0) is 21.9 Å². The Morgan fingerprint density at radius 2 is 1.80 bits per heavy atom. The summed E-state index contributed by atoms with van der Waals surface area (Å²) < 4.78 is 34.7. The van der Waals surface area contributed by atoms with Crippen LogP contribution >= 0.6 is 0 Å². The van der Waals surface area contributed by atoms with Crippen LogP contribution in [0.4, 0.5) is 5.69 Å². The van der Waals surface area contributed by atoms with Gasteiger partial charge in [-0.3, -0.25) is 9.36 Å². The Kier molecular flexibility index (Phi) is 5.87. The number of hydrogen-bond donors (Lipinski definition) is 2. The first-order chi connectivity index (χ1) is 14.0. The lowest BCUT2D eigenvalue weighted by atomic mass is 10.0. The second-order valence-electron chi connectivity index (χ2n) is 7.71. The third kappa shape index (κ3) is 4.31. The molecule has 0 bridgehead atoms. The maximum absolute atomic E-state index is 12.9. The molecule has 3 rings (SSSR count). The lowest BCUT2D eigenvalue weighted by molar-refractivity contribution is -0.118. The second-order valence-corrected chi connectivity index (χ2v) is 9.42. The van der Waals surface area contributed by atoms with Crippen LogP contribution in [0.15, 0.2) is 50.5 Å². The van der Waals surface area contributed by atoms with Gasteiger partial charge in [0.1, 0.15) is 6.04 Å². The Labute approximate surface area is 174 Å². The van der Waals surface area contributed by atoms with E-state index in [1.807, 2.05) is 26.0 Å². The SMILES string of the molecule is Cc1ccc(NC(=O)C(NS(=O)(=O)c2ccc3c(c2)oc(=O)n3C)C(C)C)c(C)c1. The highest BCUT2D eigenvalue weighted by atomic mass is 32.2. The van der Waals surface area contributed by atoms with Gasteiger partial charge in [-0.1, -0.05) is 31.5 Å². The summed E-state index contributed by atoms with van der Waals surface area (Å²) in [5.74, 6) is -1.34. The maximum Gasteiger partial charge on any atom is 0.419 e. The summed E-state index contributed by atoms with van der Waals surface area (Å²) in [6.07, 6.45) is 0. The molecule has 1 aromatic heterocycles. The van der Waals surface area contributed by atoms with Gasteiger partial charge in [0.05, 0.1) is 10.4 Å². The van der Waals surface area contributed by atoms with E-state index >= 15 is 0 Å². The average Bonchev–Trinajstić information content (AvgIpc) is 2.95. The predicted molar refractivity (Wildman–Crippen MR) is 115 cm³/mol. The van der Waals surface area contributed by atoms with Crippen molar-refractivity contribution in [2.45, 2.75) is 38.6 Å². The van der Waals surface area contributed by atoms with Crippen LogP contribution in [-0.4, -0.2) is 24.9 Å². The van der Waals surface area contributed by atoms with Gasteiger partial charge in [-0.25, -0.2) is 13.2 Å². The Balaban J connectivity index is 1.87. The summed E-state index contributed by atoms with van der Waals surface area (Å²) in [4.78, 5) is 24.4. The van der Waals surface area contributed by atoms with Crippen LogP contribution in [0.3, 0.4) is 0 Å². The highest BCUT2D eigenvalue weighted by Crippen LogP contribution is 2.20. The minimum Gasteiger partial charge on any atom is -0.408 e. The third-order valence-electron chi connectivity index (χ3n) is 4.95. The fourth-order valence-corrected chi connectivity index (χ4v) is 4.53. The Morgan fingerprint density at radius 3 is 2.43 bits per heavy atom. The quantitative estimate of drug-likeness (QED) is 0.623. The van der Waals surface area contributed by atoms with E-state index in [0.29, 0.717) is 11.2 Å². The molecule has 0 spiro atoms. The number of anilines is 1. The molecule has 0 aliphatic rings. The molecule has 0 aliphatic heterocycles. The highest BCUT2D eigenvalue weighted by Gasteiger charge is 2.29. The number of fused-ring (bicyclic) bond motifs is 1. The topological polar surface area (TPSA) is 110 Å². The molecule has 0 saturated heterocycles. The summed E-state index contributed by atoms with van der Waals surface area (Å²) in [5, 5.41) is 2.80. The molecule has 1 unspecified atom stereocenters. The molecule has 2 N–H and O–H groups in total. The molecule has 0 fully saturated rings. The van der Waals surface area contributed by atoms with Gasteiger partial charge in [-0.15, -0.1) is 0 Å². The first-order valence-electron chi connectivity index (χ1n) is 9.49. The van der Waals surface area contributed by atoms with E-state index in [4.69, 9.17) is 4.42 Å². The number of rotatable bonds is 6. The smallest absolute Gasteiger partial charge is 0.408 e. The van der Waals surface area contributed by atoms with Gasteiger partial charge in [0.15, 0.2) is 5.58 Å². The summed E-state index contributed by atoms with van der Waals surface area (Å²) in [5.41, 5.74) is 3.22. The number of aryl methyl sites for hydroxylation is 3. The van der Waals surface area contributed by atoms with Crippen molar-refractivity contribution in [1.29, 1.82) is 0 Å². The Hall–Kier alpha value is -2.91. The van der Waals surface area contributed by atoms with Crippen molar-refractivity contribution >= 4 is 32.7 Å². The van der Waals surface area contributed by atoms with Crippen LogP contribution < -0.4 is 15.8 Å². The van der Waals surface area contributed by atoms with E-state index in [2.05, 4.69) is 10.0 Å². The molecule has 30 heavy (non-hydrogen) atoms.